The highest BCUT2D eigenvalue weighted by molar-refractivity contribution is 7.12. The van der Waals surface area contributed by atoms with E-state index in [0.717, 1.165) is 0 Å². The molecule has 2 heterocycles. The topological polar surface area (TPSA) is 67.9 Å². The molecule has 6 nitrogen and oxygen atoms in total. The second kappa shape index (κ2) is 8.26. The molecule has 2 rings (SSSR count). The molecule has 0 aliphatic carbocycles. The Hall–Kier alpha value is -1.44. The van der Waals surface area contributed by atoms with Gasteiger partial charge in [-0.3, -0.25) is 9.59 Å². The molecule has 2 amide bonds. The Morgan fingerprint density at radius 1 is 1.36 bits per heavy atom. The number of thiophene rings is 1. The third-order valence-electron chi connectivity index (χ3n) is 3.42. The molecule has 0 spiro atoms. The molecule has 0 atom stereocenters. The van der Waals surface area contributed by atoms with Gasteiger partial charge in [-0.05, 0) is 25.3 Å². The number of rotatable bonds is 8. The third-order valence-corrected chi connectivity index (χ3v) is 4.28. The second-order valence-electron chi connectivity index (χ2n) is 4.97. The van der Waals surface area contributed by atoms with Crippen LogP contribution in [0.1, 0.15) is 23.5 Å². The maximum absolute atomic E-state index is 12.1. The molecule has 1 aromatic rings. The van der Waals surface area contributed by atoms with E-state index >= 15 is 0 Å². The maximum Gasteiger partial charge on any atom is 0.263 e. The number of carbonyl (C=O) groups is 2. The molecule has 22 heavy (non-hydrogen) atoms. The minimum atomic E-state index is -0.414. The van der Waals surface area contributed by atoms with Crippen molar-refractivity contribution >= 4 is 23.2 Å². The van der Waals surface area contributed by atoms with Crippen LogP contribution in [0.4, 0.5) is 0 Å². The van der Waals surface area contributed by atoms with E-state index < -0.39 is 6.29 Å². The molecule has 1 aliphatic heterocycles. The van der Waals surface area contributed by atoms with Crippen LogP contribution in [0.5, 0.6) is 0 Å². The third kappa shape index (κ3) is 4.28. The van der Waals surface area contributed by atoms with Gasteiger partial charge in [0.15, 0.2) is 6.29 Å². The number of likely N-dealkylation sites (tertiary alicyclic amines) is 1. The first-order valence-corrected chi connectivity index (χ1v) is 8.37. The molecule has 1 N–H and O–H groups in total. The standard InChI is InChI=1S/C15H22N2O4S/c1-3-20-13(21-4-2)8-16-14(18)11-9-17(10-11)15(19)12-6-5-7-22-12/h5-7,11,13H,3-4,8-10H2,1-2H3,(H,16,18). The summed E-state index contributed by atoms with van der Waals surface area (Å²) in [5.74, 6) is -0.201. The van der Waals surface area contributed by atoms with Crippen LogP contribution in [0, 0.1) is 5.92 Å². The van der Waals surface area contributed by atoms with Gasteiger partial charge in [-0.1, -0.05) is 6.07 Å². The van der Waals surface area contributed by atoms with Gasteiger partial charge in [0.25, 0.3) is 5.91 Å². The first-order chi connectivity index (χ1) is 10.7. The van der Waals surface area contributed by atoms with Crippen molar-refractivity contribution in [3.05, 3.63) is 22.4 Å². The number of amides is 2. The Labute approximate surface area is 134 Å². The average molecular weight is 326 g/mol. The van der Waals surface area contributed by atoms with Gasteiger partial charge in [0.2, 0.25) is 5.91 Å². The monoisotopic (exact) mass is 326 g/mol. The fraction of sp³-hybridized carbons (Fsp3) is 0.600. The van der Waals surface area contributed by atoms with E-state index in [1.165, 1.54) is 11.3 Å². The molecule has 0 saturated carbocycles. The number of nitrogens with one attached hydrogen (secondary N) is 1. The Balaban J connectivity index is 1.71. The van der Waals surface area contributed by atoms with E-state index in [4.69, 9.17) is 9.47 Å². The number of hydrogen-bond acceptors (Lipinski definition) is 5. The fourth-order valence-corrected chi connectivity index (χ4v) is 2.92. The van der Waals surface area contributed by atoms with Crippen molar-refractivity contribution in [1.29, 1.82) is 0 Å². The summed E-state index contributed by atoms with van der Waals surface area (Å²) in [5, 5.41) is 4.70. The summed E-state index contributed by atoms with van der Waals surface area (Å²) in [5.41, 5.74) is 0. The van der Waals surface area contributed by atoms with Crippen molar-refractivity contribution in [3.8, 4) is 0 Å². The summed E-state index contributed by atoms with van der Waals surface area (Å²) < 4.78 is 10.7. The van der Waals surface area contributed by atoms with Gasteiger partial charge in [-0.2, -0.15) is 0 Å². The molecule has 0 radical (unpaired) electrons. The van der Waals surface area contributed by atoms with E-state index in [9.17, 15) is 9.59 Å². The highest BCUT2D eigenvalue weighted by Crippen LogP contribution is 2.21. The zero-order valence-electron chi connectivity index (χ0n) is 12.9. The van der Waals surface area contributed by atoms with Crippen LogP contribution in [0.15, 0.2) is 17.5 Å². The van der Waals surface area contributed by atoms with Gasteiger partial charge < -0.3 is 19.7 Å². The van der Waals surface area contributed by atoms with Crippen LogP contribution in [-0.4, -0.2) is 55.9 Å². The molecule has 0 aromatic carbocycles. The Morgan fingerprint density at radius 2 is 2.05 bits per heavy atom. The number of nitrogens with zero attached hydrogens (tertiary/aromatic N) is 1. The van der Waals surface area contributed by atoms with Crippen LogP contribution in [-0.2, 0) is 14.3 Å². The lowest BCUT2D eigenvalue weighted by molar-refractivity contribution is -0.144. The molecule has 1 aliphatic rings. The predicted octanol–water partition coefficient (Wildman–Crippen LogP) is 1.34. The molecular formula is C15H22N2O4S. The molecule has 1 aromatic heterocycles. The van der Waals surface area contributed by atoms with Gasteiger partial charge >= 0.3 is 0 Å². The van der Waals surface area contributed by atoms with Crippen LogP contribution in [0.2, 0.25) is 0 Å². The van der Waals surface area contributed by atoms with Gasteiger partial charge in [0.05, 0.1) is 17.3 Å². The van der Waals surface area contributed by atoms with E-state index in [1.807, 2.05) is 25.3 Å². The van der Waals surface area contributed by atoms with Crippen molar-refractivity contribution in [2.24, 2.45) is 5.92 Å². The van der Waals surface area contributed by atoms with Crippen molar-refractivity contribution in [2.45, 2.75) is 20.1 Å². The quantitative estimate of drug-likeness (QED) is 0.732. The molecule has 7 heteroatoms. The van der Waals surface area contributed by atoms with Gasteiger partial charge in [0.1, 0.15) is 0 Å². The molecular weight excluding hydrogens is 304 g/mol. The predicted molar refractivity (Wildman–Crippen MR) is 83.8 cm³/mol. The summed E-state index contributed by atoms with van der Waals surface area (Å²) in [7, 11) is 0. The van der Waals surface area contributed by atoms with E-state index in [1.54, 1.807) is 11.0 Å². The molecule has 1 fully saturated rings. The smallest absolute Gasteiger partial charge is 0.263 e. The van der Waals surface area contributed by atoms with Crippen molar-refractivity contribution in [2.75, 3.05) is 32.8 Å². The van der Waals surface area contributed by atoms with Crippen LogP contribution < -0.4 is 5.32 Å². The van der Waals surface area contributed by atoms with Crippen LogP contribution in [0.25, 0.3) is 0 Å². The summed E-state index contributed by atoms with van der Waals surface area (Å²) >= 11 is 1.42. The lowest BCUT2D eigenvalue weighted by atomic mass is 9.99. The largest absolute Gasteiger partial charge is 0.351 e. The van der Waals surface area contributed by atoms with Gasteiger partial charge in [0, 0.05) is 26.3 Å². The zero-order valence-corrected chi connectivity index (χ0v) is 13.7. The summed E-state index contributed by atoms with van der Waals surface area (Å²) in [6, 6.07) is 3.65. The lowest BCUT2D eigenvalue weighted by Gasteiger charge is -2.38. The van der Waals surface area contributed by atoms with E-state index in [2.05, 4.69) is 5.32 Å². The SMILES string of the molecule is CCOC(CNC(=O)C1CN(C(=O)c2cccs2)C1)OCC. The first kappa shape index (κ1) is 16.9. The van der Waals surface area contributed by atoms with Gasteiger partial charge in [-0.25, -0.2) is 0 Å². The summed E-state index contributed by atoms with van der Waals surface area (Å²) in [6.07, 6.45) is -0.414. The van der Waals surface area contributed by atoms with Gasteiger partial charge in [-0.15, -0.1) is 11.3 Å². The lowest BCUT2D eigenvalue weighted by Crippen LogP contribution is -2.56. The van der Waals surface area contributed by atoms with E-state index in [0.29, 0.717) is 37.7 Å². The maximum atomic E-state index is 12.1. The highest BCUT2D eigenvalue weighted by Gasteiger charge is 2.36. The molecule has 0 bridgehead atoms. The number of carbonyl (C=O) groups excluding carboxylic acids is 2. The Morgan fingerprint density at radius 3 is 2.59 bits per heavy atom. The van der Waals surface area contributed by atoms with E-state index in [-0.39, 0.29) is 17.7 Å². The van der Waals surface area contributed by atoms with Crippen molar-refractivity contribution in [3.63, 3.8) is 0 Å². The van der Waals surface area contributed by atoms with Crippen LogP contribution in [0.3, 0.4) is 0 Å². The summed E-state index contributed by atoms with van der Waals surface area (Å²) in [4.78, 5) is 26.5. The minimum Gasteiger partial charge on any atom is -0.351 e. The molecule has 1 saturated heterocycles. The van der Waals surface area contributed by atoms with Crippen molar-refractivity contribution in [1.82, 2.24) is 10.2 Å². The first-order valence-electron chi connectivity index (χ1n) is 7.49. The number of hydrogen-bond donors (Lipinski definition) is 1. The molecule has 0 unspecified atom stereocenters. The van der Waals surface area contributed by atoms with Crippen LogP contribution >= 0.6 is 11.3 Å². The Kier molecular flexibility index (Phi) is 6.35. The molecule has 122 valence electrons. The highest BCUT2D eigenvalue weighted by atomic mass is 32.1. The zero-order chi connectivity index (χ0) is 15.9. The average Bonchev–Trinajstić information content (AvgIpc) is 2.97. The second-order valence-corrected chi connectivity index (χ2v) is 5.92. The fourth-order valence-electron chi connectivity index (χ4n) is 2.23. The van der Waals surface area contributed by atoms with Crippen molar-refractivity contribution < 1.29 is 19.1 Å². The Bertz CT molecular complexity index is 480. The number of ether oxygens (including phenoxy) is 2. The minimum absolute atomic E-state index is 0.000518. The summed E-state index contributed by atoms with van der Waals surface area (Å²) in [6.45, 7) is 6.10. The normalized spacial score (nSPS) is 15.0.